The first-order valence-corrected chi connectivity index (χ1v) is 11.8. The highest BCUT2D eigenvalue weighted by Crippen LogP contribution is 2.35. The van der Waals surface area contributed by atoms with Crippen molar-refractivity contribution in [3.8, 4) is 11.1 Å². The number of benzene rings is 3. The Morgan fingerprint density at radius 1 is 0.833 bits per heavy atom. The van der Waals surface area contributed by atoms with Crippen LogP contribution in [0.2, 0.25) is 0 Å². The van der Waals surface area contributed by atoms with E-state index in [1.165, 1.54) is 31.3 Å². The van der Waals surface area contributed by atoms with Gasteiger partial charge in [0.25, 0.3) is 0 Å². The Bertz CT molecular complexity index is 1210. The van der Waals surface area contributed by atoms with Gasteiger partial charge in [-0.1, -0.05) is 79.0 Å². The quantitative estimate of drug-likeness (QED) is 0.280. The minimum Gasteiger partial charge on any atom is -0.293 e. The van der Waals surface area contributed by atoms with E-state index in [4.69, 9.17) is 0 Å². The zero-order valence-electron chi connectivity index (χ0n) is 17.2. The minimum absolute atomic E-state index is 0.134. The number of hydrogen-bond donors (Lipinski definition) is 0. The first-order chi connectivity index (χ1) is 14.6. The molecule has 0 N–H and O–H groups in total. The average Bonchev–Trinajstić information content (AvgIpc) is 2.80. The monoisotopic (exact) mass is 409 g/mol. The van der Waals surface area contributed by atoms with Crippen LogP contribution in [0.5, 0.6) is 0 Å². The maximum atomic E-state index is 13.3. The second-order valence-electron chi connectivity index (χ2n) is 8.19. The zero-order chi connectivity index (χ0) is 20.7. The smallest absolute Gasteiger partial charge is 0.183 e. The summed E-state index contributed by atoms with van der Waals surface area (Å²) in [5.74, 6) is 0.513. The number of carbonyl (C=O) groups excluding carboxylic acids is 1. The van der Waals surface area contributed by atoms with Crippen molar-refractivity contribution in [3.63, 3.8) is 0 Å². The third-order valence-electron chi connectivity index (χ3n) is 5.97. The van der Waals surface area contributed by atoms with Crippen molar-refractivity contribution in [2.75, 3.05) is 0 Å². The Morgan fingerprint density at radius 2 is 1.57 bits per heavy atom. The molecular formula is C28H25OS+. The van der Waals surface area contributed by atoms with Gasteiger partial charge in [0.15, 0.2) is 5.78 Å². The Labute approximate surface area is 180 Å². The second kappa shape index (κ2) is 7.70. The molecule has 2 unspecified atom stereocenters. The van der Waals surface area contributed by atoms with Gasteiger partial charge in [-0.3, -0.25) is 4.79 Å². The summed E-state index contributed by atoms with van der Waals surface area (Å²) in [6.07, 6.45) is 8.31. The van der Waals surface area contributed by atoms with E-state index in [1.54, 1.807) is 0 Å². The molecule has 1 aliphatic carbocycles. The van der Waals surface area contributed by atoms with Gasteiger partial charge in [0.1, 0.15) is 20.6 Å². The molecule has 1 nitrogen and oxygen atoms in total. The van der Waals surface area contributed by atoms with Gasteiger partial charge in [0.05, 0.1) is 5.56 Å². The summed E-state index contributed by atoms with van der Waals surface area (Å²) in [6.45, 7) is 4.36. The molecule has 1 aliphatic heterocycles. The highest BCUT2D eigenvalue weighted by molar-refractivity contribution is 7.97. The van der Waals surface area contributed by atoms with E-state index in [0.717, 1.165) is 5.56 Å². The van der Waals surface area contributed by atoms with Crippen molar-refractivity contribution < 1.29 is 4.79 Å². The summed E-state index contributed by atoms with van der Waals surface area (Å²) in [5.41, 5.74) is 4.59. The van der Waals surface area contributed by atoms with Crippen LogP contribution in [0.4, 0.5) is 0 Å². The lowest BCUT2D eigenvalue weighted by Crippen LogP contribution is -2.31. The van der Waals surface area contributed by atoms with Gasteiger partial charge < -0.3 is 0 Å². The fourth-order valence-electron chi connectivity index (χ4n) is 4.30. The topological polar surface area (TPSA) is 17.1 Å². The summed E-state index contributed by atoms with van der Waals surface area (Å²) in [4.78, 5) is 17.1. The summed E-state index contributed by atoms with van der Waals surface area (Å²) in [5, 5.41) is 0. The molecule has 3 aromatic carbocycles. The van der Waals surface area contributed by atoms with Crippen LogP contribution >= 0.6 is 0 Å². The van der Waals surface area contributed by atoms with Crippen LogP contribution in [0.25, 0.3) is 11.1 Å². The largest absolute Gasteiger partial charge is 0.293 e. The number of thiol groups is 1. The predicted molar refractivity (Wildman–Crippen MR) is 129 cm³/mol. The molecule has 148 valence electrons. The molecule has 0 fully saturated rings. The van der Waals surface area contributed by atoms with Crippen molar-refractivity contribution in [1.29, 1.82) is 0 Å². The van der Waals surface area contributed by atoms with E-state index < -0.39 is 10.5 Å². The van der Waals surface area contributed by atoms with Gasteiger partial charge in [-0.05, 0) is 65.1 Å². The molecule has 0 bridgehead atoms. The van der Waals surface area contributed by atoms with E-state index in [1.807, 2.05) is 12.1 Å². The first kappa shape index (κ1) is 19.0. The van der Waals surface area contributed by atoms with Crippen molar-refractivity contribution in [1.82, 2.24) is 0 Å². The first-order valence-electron chi connectivity index (χ1n) is 10.5. The van der Waals surface area contributed by atoms with Crippen molar-refractivity contribution in [2.24, 2.45) is 5.92 Å². The third-order valence-corrected chi connectivity index (χ3v) is 8.60. The second-order valence-corrected chi connectivity index (χ2v) is 10.4. The maximum absolute atomic E-state index is 13.3. The number of ketones is 1. The molecule has 0 saturated heterocycles. The molecule has 2 atom stereocenters. The van der Waals surface area contributed by atoms with Gasteiger partial charge in [0, 0.05) is 0 Å². The van der Waals surface area contributed by atoms with Crippen LogP contribution in [0, 0.1) is 5.92 Å². The van der Waals surface area contributed by atoms with E-state index in [9.17, 15) is 4.79 Å². The Morgan fingerprint density at radius 3 is 2.30 bits per heavy atom. The maximum Gasteiger partial charge on any atom is 0.183 e. The Balaban J connectivity index is 1.67. The van der Waals surface area contributed by atoms with Gasteiger partial charge in [-0.15, -0.1) is 0 Å². The normalized spacial score (nSPS) is 19.7. The Kier molecular flexibility index (Phi) is 4.88. The highest BCUT2D eigenvalue weighted by Gasteiger charge is 2.37. The number of rotatable bonds is 3. The van der Waals surface area contributed by atoms with Crippen LogP contribution < -0.4 is 0 Å². The van der Waals surface area contributed by atoms with E-state index in [0.29, 0.717) is 5.92 Å². The number of carbonyl (C=O) groups is 1. The SMILES string of the molecule is CC(C)c1ccc2c(c1)C(=O)C1C=CC=CC1=[SH+]2c1ccc(-c2ccccc2)cc1. The molecule has 0 aromatic heterocycles. The molecule has 1 heterocycles. The van der Waals surface area contributed by atoms with Crippen LogP contribution in [0.15, 0.2) is 107 Å². The lowest BCUT2D eigenvalue weighted by atomic mass is 9.89. The van der Waals surface area contributed by atoms with Crippen LogP contribution in [0.3, 0.4) is 0 Å². The van der Waals surface area contributed by atoms with E-state index in [-0.39, 0.29) is 11.7 Å². The summed E-state index contributed by atoms with van der Waals surface area (Å²) in [7, 11) is -0.722. The molecule has 0 spiro atoms. The van der Waals surface area contributed by atoms with E-state index in [2.05, 4.69) is 98.8 Å². The third kappa shape index (κ3) is 3.22. The Hall–Kier alpha value is -2.97. The van der Waals surface area contributed by atoms with Gasteiger partial charge in [-0.25, -0.2) is 0 Å². The van der Waals surface area contributed by atoms with Crippen LogP contribution in [-0.2, 0) is 10.5 Å². The van der Waals surface area contributed by atoms with Gasteiger partial charge >= 0.3 is 0 Å². The summed E-state index contributed by atoms with van der Waals surface area (Å²) < 4.78 is 0. The number of fused-ring (bicyclic) bond motifs is 2. The van der Waals surface area contributed by atoms with Gasteiger partial charge in [-0.2, -0.15) is 0 Å². The van der Waals surface area contributed by atoms with Crippen molar-refractivity contribution >= 4 is 21.1 Å². The molecule has 0 amide bonds. The number of Topliss-reactive ketones (excluding diaryl/α,β-unsaturated/α-hetero) is 1. The van der Waals surface area contributed by atoms with Crippen LogP contribution in [0.1, 0.15) is 35.7 Å². The lowest BCUT2D eigenvalue weighted by Gasteiger charge is -2.24. The molecule has 2 aliphatic rings. The van der Waals surface area contributed by atoms with Gasteiger partial charge in [0.2, 0.25) is 0 Å². The molecule has 5 rings (SSSR count). The van der Waals surface area contributed by atoms with Crippen molar-refractivity contribution in [2.45, 2.75) is 29.6 Å². The van der Waals surface area contributed by atoms with Crippen molar-refractivity contribution in [3.05, 3.63) is 108 Å². The fourth-order valence-corrected chi connectivity index (χ4v) is 6.96. The lowest BCUT2D eigenvalue weighted by molar-refractivity contribution is 0.0969. The zero-order valence-corrected chi connectivity index (χ0v) is 18.1. The summed E-state index contributed by atoms with van der Waals surface area (Å²) in [6, 6.07) is 25.9. The standard InChI is InChI=1S/C28H24OS/c1-19(2)22-14-17-27-25(18-22)28(29)24-10-6-7-11-26(24)30(27)23-15-12-21(13-16-23)20-8-4-3-5-9-20/h3-19,24H,1-2H3/p+1. The molecular weight excluding hydrogens is 384 g/mol. The van der Waals surface area contributed by atoms with Crippen LogP contribution in [-0.4, -0.2) is 10.6 Å². The molecule has 0 saturated carbocycles. The molecule has 30 heavy (non-hydrogen) atoms. The minimum atomic E-state index is -0.722. The summed E-state index contributed by atoms with van der Waals surface area (Å²) >= 11 is 0. The average molecular weight is 410 g/mol. The molecule has 3 aromatic rings. The molecule has 0 radical (unpaired) electrons. The number of hydrogen-bond acceptors (Lipinski definition) is 1. The highest BCUT2D eigenvalue weighted by atomic mass is 32.2. The predicted octanol–water partition coefficient (Wildman–Crippen LogP) is 6.36. The number of allylic oxidation sites excluding steroid dienone is 4. The fraction of sp³-hybridized carbons (Fsp3) is 0.143. The molecule has 2 heteroatoms. The van der Waals surface area contributed by atoms with E-state index >= 15 is 0 Å².